The van der Waals surface area contributed by atoms with Gasteiger partial charge in [0.2, 0.25) is 0 Å². The van der Waals surface area contributed by atoms with Crippen molar-refractivity contribution < 1.29 is 4.74 Å². The van der Waals surface area contributed by atoms with Gasteiger partial charge in [0, 0.05) is 5.56 Å². The number of hydrogen-bond acceptors (Lipinski definition) is 3. The van der Waals surface area contributed by atoms with E-state index >= 15 is 0 Å². The topological polar surface area (TPSA) is 35.0 Å². The molecule has 0 amide bonds. The highest BCUT2D eigenvalue weighted by Crippen LogP contribution is 2.29. The predicted molar refractivity (Wildman–Crippen MR) is 140 cm³/mol. The second-order valence-corrected chi connectivity index (χ2v) is 10.0. The summed E-state index contributed by atoms with van der Waals surface area (Å²) >= 11 is 0. The molecular weight excluding hydrogens is 404 g/mol. The standard InChI is InChI=1S/C30H46N2O/c1-2-3-4-5-7-11-16-27-19-21-28(22-20-27)30-31-24-29(25-32-30)33-23-14-9-6-8-10-15-26-17-12-13-18-26/h19-22,24-26H,2-18,23H2,1H3. The number of hydrogen-bond donors (Lipinski definition) is 0. The zero-order chi connectivity index (χ0) is 23.0. The highest BCUT2D eigenvalue weighted by Gasteiger charge is 2.13. The maximum atomic E-state index is 5.86. The van der Waals surface area contributed by atoms with Crippen molar-refractivity contribution in [3.05, 3.63) is 42.2 Å². The largest absolute Gasteiger partial charge is 0.490 e. The van der Waals surface area contributed by atoms with Crippen molar-refractivity contribution >= 4 is 0 Å². The fourth-order valence-corrected chi connectivity index (χ4v) is 5.02. The van der Waals surface area contributed by atoms with Crippen LogP contribution in [0.1, 0.15) is 115 Å². The lowest BCUT2D eigenvalue weighted by atomic mass is 9.99. The number of ether oxygens (including phenoxy) is 1. The predicted octanol–water partition coefficient (Wildman–Crippen LogP) is 8.96. The molecule has 0 aliphatic heterocycles. The van der Waals surface area contributed by atoms with Crippen LogP contribution in [-0.4, -0.2) is 16.6 Å². The molecule has 0 saturated heterocycles. The molecule has 1 aliphatic carbocycles. The van der Waals surface area contributed by atoms with Crippen molar-refractivity contribution in [3.63, 3.8) is 0 Å². The van der Waals surface area contributed by atoms with Gasteiger partial charge < -0.3 is 4.74 Å². The summed E-state index contributed by atoms with van der Waals surface area (Å²) in [7, 11) is 0. The molecule has 3 rings (SSSR count). The Morgan fingerprint density at radius 1 is 0.758 bits per heavy atom. The highest BCUT2D eigenvalue weighted by molar-refractivity contribution is 5.55. The van der Waals surface area contributed by atoms with E-state index in [1.54, 1.807) is 0 Å². The number of unbranched alkanes of at least 4 members (excludes halogenated alkanes) is 9. The molecule has 33 heavy (non-hydrogen) atoms. The average molecular weight is 451 g/mol. The van der Waals surface area contributed by atoms with Crippen LogP contribution in [-0.2, 0) is 6.42 Å². The van der Waals surface area contributed by atoms with Gasteiger partial charge in [0.05, 0.1) is 19.0 Å². The molecule has 1 aromatic heterocycles. The zero-order valence-corrected chi connectivity index (χ0v) is 21.1. The van der Waals surface area contributed by atoms with E-state index in [0.29, 0.717) is 0 Å². The van der Waals surface area contributed by atoms with Gasteiger partial charge in [0.15, 0.2) is 11.6 Å². The lowest BCUT2D eigenvalue weighted by Gasteiger charge is -2.08. The van der Waals surface area contributed by atoms with Crippen LogP contribution in [0, 0.1) is 5.92 Å². The van der Waals surface area contributed by atoms with E-state index in [1.165, 1.54) is 108 Å². The molecule has 182 valence electrons. The molecule has 1 aliphatic rings. The first-order valence-electron chi connectivity index (χ1n) is 13.9. The van der Waals surface area contributed by atoms with Gasteiger partial charge in [-0.15, -0.1) is 0 Å². The van der Waals surface area contributed by atoms with Gasteiger partial charge >= 0.3 is 0 Å². The summed E-state index contributed by atoms with van der Waals surface area (Å²) in [4.78, 5) is 9.05. The molecule has 0 spiro atoms. The summed E-state index contributed by atoms with van der Waals surface area (Å²) in [5.74, 6) is 2.59. The van der Waals surface area contributed by atoms with Crippen LogP contribution < -0.4 is 4.74 Å². The van der Waals surface area contributed by atoms with Gasteiger partial charge in [-0.3, -0.25) is 0 Å². The van der Waals surface area contributed by atoms with Gasteiger partial charge in [-0.05, 0) is 30.7 Å². The van der Waals surface area contributed by atoms with Crippen molar-refractivity contribution in [3.8, 4) is 17.1 Å². The molecule has 3 nitrogen and oxygen atoms in total. The number of nitrogens with zero attached hydrogens (tertiary/aromatic N) is 2. The van der Waals surface area contributed by atoms with Crippen molar-refractivity contribution in [1.82, 2.24) is 9.97 Å². The van der Waals surface area contributed by atoms with Crippen molar-refractivity contribution in [2.45, 2.75) is 116 Å². The Morgan fingerprint density at radius 2 is 1.39 bits per heavy atom. The number of rotatable bonds is 17. The fraction of sp³-hybridized carbons (Fsp3) is 0.667. The molecule has 3 heteroatoms. The maximum Gasteiger partial charge on any atom is 0.159 e. The smallest absolute Gasteiger partial charge is 0.159 e. The Kier molecular flexibility index (Phi) is 12.4. The SMILES string of the molecule is CCCCCCCCc1ccc(-c2ncc(OCCCCCCCC3CCCC3)cn2)cc1. The molecule has 1 heterocycles. The van der Waals surface area contributed by atoms with Crippen LogP contribution in [0.3, 0.4) is 0 Å². The Bertz CT molecular complexity index is 735. The number of benzene rings is 1. The first kappa shape index (κ1) is 25.7. The summed E-state index contributed by atoms with van der Waals surface area (Å²) in [5, 5.41) is 0. The van der Waals surface area contributed by atoms with Gasteiger partial charge in [0.1, 0.15) is 0 Å². The van der Waals surface area contributed by atoms with Crippen molar-refractivity contribution in [2.75, 3.05) is 6.61 Å². The highest BCUT2D eigenvalue weighted by atomic mass is 16.5. The van der Waals surface area contributed by atoms with Crippen molar-refractivity contribution in [1.29, 1.82) is 0 Å². The first-order valence-corrected chi connectivity index (χ1v) is 13.9. The Labute approximate surface area is 202 Å². The fourth-order valence-electron chi connectivity index (χ4n) is 5.02. The van der Waals surface area contributed by atoms with Gasteiger partial charge in [-0.1, -0.05) is 121 Å². The minimum absolute atomic E-state index is 0.762. The lowest BCUT2D eigenvalue weighted by Crippen LogP contribution is -1.99. The third-order valence-electron chi connectivity index (χ3n) is 7.16. The number of aryl methyl sites for hydroxylation is 1. The summed E-state index contributed by atoms with van der Waals surface area (Å²) in [5.41, 5.74) is 2.48. The van der Waals surface area contributed by atoms with Crippen LogP contribution in [0.25, 0.3) is 11.4 Å². The minimum atomic E-state index is 0.762. The van der Waals surface area contributed by atoms with E-state index in [0.717, 1.165) is 36.1 Å². The van der Waals surface area contributed by atoms with Gasteiger partial charge in [-0.2, -0.15) is 0 Å². The molecule has 0 unspecified atom stereocenters. The Hall–Kier alpha value is -1.90. The quantitative estimate of drug-likeness (QED) is 0.226. The molecule has 0 bridgehead atoms. The second kappa shape index (κ2) is 15.9. The van der Waals surface area contributed by atoms with E-state index in [2.05, 4.69) is 41.2 Å². The van der Waals surface area contributed by atoms with Gasteiger partial charge in [-0.25, -0.2) is 9.97 Å². The van der Waals surface area contributed by atoms with E-state index in [9.17, 15) is 0 Å². The molecule has 0 N–H and O–H groups in total. The monoisotopic (exact) mass is 450 g/mol. The first-order chi connectivity index (χ1) is 16.3. The van der Waals surface area contributed by atoms with Crippen LogP contribution in [0.2, 0.25) is 0 Å². The summed E-state index contributed by atoms with van der Waals surface area (Å²) in [6, 6.07) is 8.75. The van der Waals surface area contributed by atoms with E-state index < -0.39 is 0 Å². The van der Waals surface area contributed by atoms with Crippen LogP contribution >= 0.6 is 0 Å². The molecule has 1 aromatic carbocycles. The summed E-state index contributed by atoms with van der Waals surface area (Å²) in [6.07, 6.45) is 26.7. The molecular formula is C30H46N2O. The van der Waals surface area contributed by atoms with Crippen LogP contribution in [0.4, 0.5) is 0 Å². The molecule has 1 saturated carbocycles. The third kappa shape index (κ3) is 10.3. The molecule has 0 atom stereocenters. The molecule has 0 radical (unpaired) electrons. The maximum absolute atomic E-state index is 5.86. The Balaban J connectivity index is 1.26. The molecule has 1 fully saturated rings. The summed E-state index contributed by atoms with van der Waals surface area (Å²) < 4.78 is 5.86. The van der Waals surface area contributed by atoms with E-state index in [4.69, 9.17) is 4.74 Å². The normalized spacial score (nSPS) is 14.1. The second-order valence-electron chi connectivity index (χ2n) is 10.0. The third-order valence-corrected chi connectivity index (χ3v) is 7.16. The average Bonchev–Trinajstić information content (AvgIpc) is 3.37. The lowest BCUT2D eigenvalue weighted by molar-refractivity contribution is 0.301. The molecule has 2 aromatic rings. The van der Waals surface area contributed by atoms with E-state index in [-0.39, 0.29) is 0 Å². The Morgan fingerprint density at radius 3 is 2.12 bits per heavy atom. The van der Waals surface area contributed by atoms with Crippen LogP contribution in [0.15, 0.2) is 36.7 Å². The zero-order valence-electron chi connectivity index (χ0n) is 21.1. The van der Waals surface area contributed by atoms with Crippen molar-refractivity contribution in [2.24, 2.45) is 5.92 Å². The van der Waals surface area contributed by atoms with E-state index in [1.807, 2.05) is 12.4 Å². The summed E-state index contributed by atoms with van der Waals surface area (Å²) in [6.45, 7) is 3.03. The minimum Gasteiger partial charge on any atom is -0.490 e. The van der Waals surface area contributed by atoms with Crippen LogP contribution in [0.5, 0.6) is 5.75 Å². The number of aromatic nitrogens is 2. The van der Waals surface area contributed by atoms with Gasteiger partial charge in [0.25, 0.3) is 0 Å².